The zero-order valence-electron chi connectivity index (χ0n) is 12.6. The van der Waals surface area contributed by atoms with Crippen molar-refractivity contribution in [2.24, 2.45) is 5.41 Å². The summed E-state index contributed by atoms with van der Waals surface area (Å²) in [5.41, 5.74) is 2.17. The van der Waals surface area contributed by atoms with Gasteiger partial charge in [0.25, 0.3) is 0 Å². The maximum absolute atomic E-state index is 10.8. The first kappa shape index (κ1) is 14.4. The lowest BCUT2D eigenvalue weighted by Gasteiger charge is -2.40. The second-order valence-corrected chi connectivity index (χ2v) is 6.88. The summed E-state index contributed by atoms with van der Waals surface area (Å²) in [7, 11) is 1.70. The number of hydrogen-bond donors (Lipinski definition) is 1. The van der Waals surface area contributed by atoms with Crippen molar-refractivity contribution in [1.29, 1.82) is 0 Å². The van der Waals surface area contributed by atoms with Gasteiger partial charge in [-0.2, -0.15) is 0 Å². The van der Waals surface area contributed by atoms with Gasteiger partial charge in [-0.15, -0.1) is 0 Å². The Bertz CT molecular complexity index is 439. The highest BCUT2D eigenvalue weighted by Crippen LogP contribution is 2.42. The van der Waals surface area contributed by atoms with E-state index < -0.39 is 5.60 Å². The monoisotopic (exact) mass is 262 g/mol. The topological polar surface area (TPSA) is 29.5 Å². The molecule has 0 amide bonds. The Hall–Kier alpha value is -1.02. The zero-order chi connectivity index (χ0) is 14.1. The molecule has 1 aromatic carbocycles. The van der Waals surface area contributed by atoms with E-state index in [9.17, 15) is 5.11 Å². The third kappa shape index (κ3) is 3.50. The van der Waals surface area contributed by atoms with Crippen LogP contribution in [0.25, 0.3) is 0 Å². The number of aryl methyl sites for hydroxylation is 1. The summed E-state index contributed by atoms with van der Waals surface area (Å²) in [5.74, 6) is 0.892. The summed E-state index contributed by atoms with van der Waals surface area (Å²) in [5, 5.41) is 10.8. The fourth-order valence-corrected chi connectivity index (χ4v) is 2.97. The van der Waals surface area contributed by atoms with Crippen molar-refractivity contribution in [3.8, 4) is 5.75 Å². The molecule has 1 N–H and O–H groups in total. The van der Waals surface area contributed by atoms with Crippen molar-refractivity contribution in [3.63, 3.8) is 0 Å². The number of aliphatic hydroxyl groups is 1. The fourth-order valence-electron chi connectivity index (χ4n) is 2.97. The Kier molecular flexibility index (Phi) is 3.91. The number of ether oxygens (including phenoxy) is 1. The Balaban J connectivity index is 2.15. The van der Waals surface area contributed by atoms with Crippen LogP contribution in [-0.2, 0) is 6.42 Å². The van der Waals surface area contributed by atoms with Crippen LogP contribution in [0.3, 0.4) is 0 Å². The van der Waals surface area contributed by atoms with Crippen LogP contribution in [0.2, 0.25) is 0 Å². The van der Waals surface area contributed by atoms with E-state index in [4.69, 9.17) is 4.74 Å². The van der Waals surface area contributed by atoms with Crippen LogP contribution in [0.5, 0.6) is 5.75 Å². The Morgan fingerprint density at radius 1 is 1.16 bits per heavy atom. The van der Waals surface area contributed by atoms with Gasteiger partial charge >= 0.3 is 0 Å². The van der Waals surface area contributed by atoms with Crippen LogP contribution in [0.1, 0.15) is 50.7 Å². The lowest BCUT2D eigenvalue weighted by Crippen LogP contribution is -2.38. The zero-order valence-corrected chi connectivity index (χ0v) is 12.6. The van der Waals surface area contributed by atoms with Crippen LogP contribution in [0.4, 0.5) is 0 Å². The van der Waals surface area contributed by atoms with Crippen molar-refractivity contribution in [2.45, 2.75) is 58.5 Å². The smallest absolute Gasteiger partial charge is 0.122 e. The van der Waals surface area contributed by atoms with Gasteiger partial charge in [-0.1, -0.05) is 31.5 Å². The molecule has 0 bridgehead atoms. The van der Waals surface area contributed by atoms with E-state index in [2.05, 4.69) is 32.9 Å². The normalized spacial score (nSPS) is 21.1. The molecule has 1 aromatic rings. The summed E-state index contributed by atoms with van der Waals surface area (Å²) in [6, 6.07) is 6.19. The molecule has 0 saturated heterocycles. The van der Waals surface area contributed by atoms with Crippen LogP contribution in [-0.4, -0.2) is 17.8 Å². The highest BCUT2D eigenvalue weighted by molar-refractivity contribution is 5.38. The lowest BCUT2D eigenvalue weighted by atomic mass is 9.69. The standard InChI is InChI=1S/C17H26O2/c1-13-5-6-15(19-4)14(11-13)12-17(18)9-7-16(2,3)8-10-17/h5-6,11,18H,7-10,12H2,1-4H3. The molecule has 2 heteroatoms. The number of benzene rings is 1. The summed E-state index contributed by atoms with van der Waals surface area (Å²) in [6.45, 7) is 6.66. The molecular formula is C17H26O2. The SMILES string of the molecule is COc1ccc(C)cc1CC1(O)CCC(C)(C)CC1. The predicted octanol–water partition coefficient (Wildman–Crippen LogP) is 3.88. The maximum atomic E-state index is 10.8. The van der Waals surface area contributed by atoms with Gasteiger partial charge < -0.3 is 9.84 Å². The minimum Gasteiger partial charge on any atom is -0.496 e. The van der Waals surface area contributed by atoms with Crippen molar-refractivity contribution in [1.82, 2.24) is 0 Å². The molecule has 1 fully saturated rings. The first-order valence-electron chi connectivity index (χ1n) is 7.20. The largest absolute Gasteiger partial charge is 0.496 e. The van der Waals surface area contributed by atoms with Gasteiger partial charge in [-0.25, -0.2) is 0 Å². The maximum Gasteiger partial charge on any atom is 0.122 e. The molecule has 0 radical (unpaired) electrons. The van der Waals surface area contributed by atoms with Gasteiger partial charge in [0.15, 0.2) is 0 Å². The highest BCUT2D eigenvalue weighted by Gasteiger charge is 2.37. The molecule has 19 heavy (non-hydrogen) atoms. The van der Waals surface area contributed by atoms with Crippen molar-refractivity contribution in [2.75, 3.05) is 7.11 Å². The third-order valence-corrected chi connectivity index (χ3v) is 4.49. The second kappa shape index (κ2) is 5.16. The van der Waals surface area contributed by atoms with E-state index >= 15 is 0 Å². The van der Waals surface area contributed by atoms with E-state index in [0.29, 0.717) is 11.8 Å². The van der Waals surface area contributed by atoms with Crippen molar-refractivity contribution >= 4 is 0 Å². The minimum atomic E-state index is -0.559. The second-order valence-electron chi connectivity index (χ2n) is 6.88. The Labute approximate surface area is 116 Å². The molecule has 106 valence electrons. The minimum absolute atomic E-state index is 0.378. The molecule has 1 aliphatic carbocycles. The summed E-state index contributed by atoms with van der Waals surface area (Å²) in [4.78, 5) is 0. The van der Waals surface area contributed by atoms with E-state index in [0.717, 1.165) is 37.0 Å². The summed E-state index contributed by atoms with van der Waals surface area (Å²) < 4.78 is 5.42. The predicted molar refractivity (Wildman–Crippen MR) is 78.6 cm³/mol. The van der Waals surface area contributed by atoms with Gasteiger partial charge in [-0.3, -0.25) is 0 Å². The van der Waals surface area contributed by atoms with Crippen LogP contribution in [0.15, 0.2) is 18.2 Å². The molecule has 2 nitrogen and oxygen atoms in total. The molecule has 2 rings (SSSR count). The molecule has 0 aromatic heterocycles. The molecule has 0 unspecified atom stereocenters. The van der Waals surface area contributed by atoms with E-state index in [-0.39, 0.29) is 0 Å². The Morgan fingerprint density at radius 3 is 2.37 bits per heavy atom. The first-order valence-corrected chi connectivity index (χ1v) is 7.20. The molecule has 0 atom stereocenters. The van der Waals surface area contributed by atoms with Gasteiger partial charge in [-0.05, 0) is 49.7 Å². The average Bonchev–Trinajstić information content (AvgIpc) is 2.34. The van der Waals surface area contributed by atoms with E-state index in [1.54, 1.807) is 7.11 Å². The summed E-state index contributed by atoms with van der Waals surface area (Å²) >= 11 is 0. The van der Waals surface area contributed by atoms with Crippen molar-refractivity contribution < 1.29 is 9.84 Å². The molecule has 0 aliphatic heterocycles. The number of hydrogen-bond acceptors (Lipinski definition) is 2. The van der Waals surface area contributed by atoms with Crippen molar-refractivity contribution in [3.05, 3.63) is 29.3 Å². The first-order chi connectivity index (χ1) is 8.84. The summed E-state index contributed by atoms with van der Waals surface area (Å²) in [6.07, 6.45) is 4.66. The van der Waals surface area contributed by atoms with Gasteiger partial charge in [0.1, 0.15) is 5.75 Å². The molecule has 0 heterocycles. The lowest BCUT2D eigenvalue weighted by molar-refractivity contribution is -0.0254. The molecule has 1 aliphatic rings. The van der Waals surface area contributed by atoms with E-state index in [1.807, 2.05) is 6.07 Å². The Morgan fingerprint density at radius 2 is 1.79 bits per heavy atom. The van der Waals surface area contributed by atoms with E-state index in [1.165, 1.54) is 5.56 Å². The molecular weight excluding hydrogens is 236 g/mol. The van der Waals surface area contributed by atoms with Crippen LogP contribution < -0.4 is 4.74 Å². The third-order valence-electron chi connectivity index (χ3n) is 4.49. The average molecular weight is 262 g/mol. The van der Waals surface area contributed by atoms with Crippen LogP contribution >= 0.6 is 0 Å². The number of rotatable bonds is 3. The fraction of sp³-hybridized carbons (Fsp3) is 0.647. The molecule has 0 spiro atoms. The highest BCUT2D eigenvalue weighted by atomic mass is 16.5. The van der Waals surface area contributed by atoms with Crippen LogP contribution in [0, 0.1) is 12.3 Å². The van der Waals surface area contributed by atoms with Gasteiger partial charge in [0.2, 0.25) is 0 Å². The van der Waals surface area contributed by atoms with Gasteiger partial charge in [0.05, 0.1) is 12.7 Å². The van der Waals surface area contributed by atoms with Gasteiger partial charge in [0, 0.05) is 6.42 Å². The quantitative estimate of drug-likeness (QED) is 0.896. The number of methoxy groups -OCH3 is 1. The molecule has 1 saturated carbocycles.